The van der Waals surface area contributed by atoms with Crippen LogP contribution < -0.4 is 0 Å². The Morgan fingerprint density at radius 2 is 2.00 bits per heavy atom. The Kier molecular flexibility index (Phi) is 4.25. The van der Waals surface area contributed by atoms with Crippen LogP contribution >= 0.6 is 0 Å². The van der Waals surface area contributed by atoms with E-state index in [0.717, 1.165) is 50.2 Å². The molecule has 0 amide bonds. The number of rotatable bonds is 4. The van der Waals surface area contributed by atoms with Gasteiger partial charge in [-0.05, 0) is 30.7 Å². The van der Waals surface area contributed by atoms with Crippen LogP contribution in [-0.2, 0) is 13.0 Å². The average molecular weight is 366 g/mol. The number of aryl methyl sites for hydroxylation is 1. The van der Waals surface area contributed by atoms with Crippen LogP contribution in [0.3, 0.4) is 0 Å². The number of hydrogen-bond acceptors (Lipinski definition) is 5. The highest BCUT2D eigenvalue weighted by atomic mass is 16.3. The second-order valence-electron chi connectivity index (χ2n) is 8.05. The fourth-order valence-electron chi connectivity index (χ4n) is 5.14. The molecule has 2 fully saturated rings. The maximum atomic E-state index is 10.6. The van der Waals surface area contributed by atoms with Gasteiger partial charge in [-0.25, -0.2) is 9.67 Å². The highest BCUT2D eigenvalue weighted by Crippen LogP contribution is 2.42. The molecule has 0 spiro atoms. The van der Waals surface area contributed by atoms with Crippen LogP contribution in [0.2, 0.25) is 0 Å². The SMILES string of the molecule is CCc1oc2ccccc2c1CN1C[C@H]2C[C@@H](n3cncn3)[C@H](O)C[C@H]2C1. The van der Waals surface area contributed by atoms with Gasteiger partial charge in [-0.15, -0.1) is 0 Å². The molecule has 2 aliphatic rings. The lowest BCUT2D eigenvalue weighted by atomic mass is 9.77. The normalized spacial score (nSPS) is 28.7. The first-order valence-electron chi connectivity index (χ1n) is 9.96. The molecule has 1 aliphatic carbocycles. The predicted octanol–water partition coefficient (Wildman–Crippen LogP) is 3.03. The van der Waals surface area contributed by atoms with Crippen molar-refractivity contribution in [3.63, 3.8) is 0 Å². The summed E-state index contributed by atoms with van der Waals surface area (Å²) in [5.74, 6) is 2.26. The van der Waals surface area contributed by atoms with Crippen molar-refractivity contribution in [3.05, 3.63) is 48.2 Å². The molecule has 0 unspecified atom stereocenters. The molecule has 27 heavy (non-hydrogen) atoms. The maximum absolute atomic E-state index is 10.6. The quantitative estimate of drug-likeness (QED) is 0.769. The fourth-order valence-corrected chi connectivity index (χ4v) is 5.14. The Morgan fingerprint density at radius 1 is 1.19 bits per heavy atom. The van der Waals surface area contributed by atoms with Gasteiger partial charge in [0.05, 0.1) is 12.1 Å². The van der Waals surface area contributed by atoms with E-state index in [4.69, 9.17) is 4.42 Å². The van der Waals surface area contributed by atoms with Crippen LogP contribution in [0.15, 0.2) is 41.3 Å². The average Bonchev–Trinajstić information content (AvgIpc) is 3.39. The van der Waals surface area contributed by atoms with Crippen molar-refractivity contribution in [3.8, 4) is 0 Å². The van der Waals surface area contributed by atoms with Gasteiger partial charge in [0.2, 0.25) is 0 Å². The van der Waals surface area contributed by atoms with Gasteiger partial charge in [0, 0.05) is 37.0 Å². The first-order chi connectivity index (χ1) is 13.2. The van der Waals surface area contributed by atoms with Gasteiger partial charge in [-0.2, -0.15) is 5.10 Å². The summed E-state index contributed by atoms with van der Waals surface area (Å²) in [6.45, 7) is 5.21. The number of likely N-dealkylation sites (tertiary alicyclic amines) is 1. The van der Waals surface area contributed by atoms with Crippen LogP contribution in [0.25, 0.3) is 11.0 Å². The summed E-state index contributed by atoms with van der Waals surface area (Å²) in [6.07, 6.45) is 5.67. The minimum atomic E-state index is -0.339. The molecule has 6 nitrogen and oxygen atoms in total. The summed E-state index contributed by atoms with van der Waals surface area (Å²) >= 11 is 0. The Morgan fingerprint density at radius 3 is 2.78 bits per heavy atom. The number of benzene rings is 1. The third-order valence-corrected chi connectivity index (χ3v) is 6.45. The van der Waals surface area contributed by atoms with Gasteiger partial charge >= 0.3 is 0 Å². The monoisotopic (exact) mass is 366 g/mol. The maximum Gasteiger partial charge on any atom is 0.137 e. The minimum absolute atomic E-state index is 0.0506. The van der Waals surface area contributed by atoms with Crippen LogP contribution in [0.5, 0.6) is 0 Å². The number of aliphatic hydroxyl groups excluding tert-OH is 1. The molecule has 0 bridgehead atoms. The van der Waals surface area contributed by atoms with Gasteiger partial charge < -0.3 is 9.52 Å². The lowest BCUT2D eigenvalue weighted by Gasteiger charge is -2.35. The van der Waals surface area contributed by atoms with Crippen molar-refractivity contribution in [1.29, 1.82) is 0 Å². The zero-order valence-corrected chi connectivity index (χ0v) is 15.7. The molecular formula is C21H26N4O2. The number of fused-ring (bicyclic) bond motifs is 2. The lowest BCUT2D eigenvalue weighted by molar-refractivity contribution is 0.0304. The largest absolute Gasteiger partial charge is 0.461 e. The first kappa shape index (κ1) is 17.0. The minimum Gasteiger partial charge on any atom is -0.461 e. The van der Waals surface area contributed by atoms with E-state index in [1.807, 2.05) is 10.7 Å². The Labute approximate surface area is 158 Å². The fraction of sp³-hybridized carbons (Fsp3) is 0.524. The summed E-state index contributed by atoms with van der Waals surface area (Å²) in [4.78, 5) is 6.59. The van der Waals surface area contributed by atoms with E-state index >= 15 is 0 Å². The number of aliphatic hydroxyl groups is 1. The third kappa shape index (κ3) is 2.97. The second kappa shape index (κ2) is 6.77. The van der Waals surface area contributed by atoms with Crippen LogP contribution in [0.4, 0.5) is 0 Å². The van der Waals surface area contributed by atoms with E-state index in [2.05, 4.69) is 40.1 Å². The molecule has 5 rings (SSSR count). The summed E-state index contributed by atoms with van der Waals surface area (Å²) < 4.78 is 7.91. The third-order valence-electron chi connectivity index (χ3n) is 6.45. The molecular weight excluding hydrogens is 340 g/mol. The standard InChI is InChI=1S/C21H26N4O2/c1-2-20-17(16-5-3-4-6-21(16)27-20)11-24-9-14-7-18(25-13-22-12-23-25)19(26)8-15(14)10-24/h3-6,12-15,18-19,26H,2,7-11H2,1H3/t14-,15+,18-,19-/m1/s1. The van der Waals surface area contributed by atoms with E-state index in [-0.39, 0.29) is 12.1 Å². The summed E-state index contributed by atoms with van der Waals surface area (Å²) in [5, 5.41) is 16.1. The first-order valence-corrected chi connectivity index (χ1v) is 9.96. The van der Waals surface area contributed by atoms with Crippen molar-refractivity contribution >= 4 is 11.0 Å². The van der Waals surface area contributed by atoms with Gasteiger partial charge in [-0.1, -0.05) is 25.1 Å². The van der Waals surface area contributed by atoms with Crippen molar-refractivity contribution in [1.82, 2.24) is 19.7 Å². The molecule has 1 aromatic carbocycles. The van der Waals surface area contributed by atoms with E-state index in [0.29, 0.717) is 11.8 Å². The zero-order valence-electron chi connectivity index (χ0n) is 15.7. The molecule has 3 heterocycles. The smallest absolute Gasteiger partial charge is 0.137 e. The number of hydrogen-bond donors (Lipinski definition) is 1. The topological polar surface area (TPSA) is 67.3 Å². The Bertz CT molecular complexity index is 920. The van der Waals surface area contributed by atoms with Gasteiger partial charge in [-0.3, -0.25) is 4.90 Å². The molecule has 2 aromatic heterocycles. The summed E-state index contributed by atoms with van der Waals surface area (Å²) in [7, 11) is 0. The molecule has 0 radical (unpaired) electrons. The van der Waals surface area contributed by atoms with E-state index in [1.54, 1.807) is 12.7 Å². The molecule has 1 aliphatic heterocycles. The van der Waals surface area contributed by atoms with Crippen LogP contribution in [0.1, 0.15) is 37.1 Å². The van der Waals surface area contributed by atoms with E-state index < -0.39 is 0 Å². The number of aromatic nitrogens is 3. The van der Waals surface area contributed by atoms with Gasteiger partial charge in [0.1, 0.15) is 24.0 Å². The van der Waals surface area contributed by atoms with Crippen molar-refractivity contribution in [2.45, 2.75) is 44.9 Å². The number of nitrogens with zero attached hydrogens (tertiary/aromatic N) is 4. The molecule has 1 saturated carbocycles. The molecule has 142 valence electrons. The Balaban J connectivity index is 1.35. The zero-order chi connectivity index (χ0) is 18.4. The second-order valence-corrected chi connectivity index (χ2v) is 8.05. The highest BCUT2D eigenvalue weighted by molar-refractivity contribution is 5.82. The molecule has 1 N–H and O–H groups in total. The van der Waals surface area contributed by atoms with E-state index in [9.17, 15) is 5.11 Å². The van der Waals surface area contributed by atoms with Gasteiger partial charge in [0.15, 0.2) is 0 Å². The number of para-hydroxylation sites is 1. The number of furan rings is 1. The van der Waals surface area contributed by atoms with Crippen LogP contribution in [-0.4, -0.2) is 44.0 Å². The molecule has 6 heteroatoms. The Hall–Kier alpha value is -2.18. The molecule has 4 atom stereocenters. The molecule has 1 saturated heterocycles. The van der Waals surface area contributed by atoms with Crippen LogP contribution in [0, 0.1) is 11.8 Å². The van der Waals surface area contributed by atoms with Gasteiger partial charge in [0.25, 0.3) is 0 Å². The summed E-state index contributed by atoms with van der Waals surface area (Å²) in [6, 6.07) is 8.39. The van der Waals surface area contributed by atoms with E-state index in [1.165, 1.54) is 10.9 Å². The highest BCUT2D eigenvalue weighted by Gasteiger charge is 2.42. The molecule has 3 aromatic rings. The van der Waals surface area contributed by atoms with Crippen molar-refractivity contribution in [2.75, 3.05) is 13.1 Å². The predicted molar refractivity (Wildman–Crippen MR) is 102 cm³/mol. The van der Waals surface area contributed by atoms with Crippen molar-refractivity contribution < 1.29 is 9.52 Å². The summed E-state index contributed by atoms with van der Waals surface area (Å²) in [5.41, 5.74) is 2.32. The van der Waals surface area contributed by atoms with Crippen molar-refractivity contribution in [2.24, 2.45) is 11.8 Å². The lowest BCUT2D eigenvalue weighted by Crippen LogP contribution is -2.36.